The van der Waals surface area contributed by atoms with Gasteiger partial charge >= 0.3 is 5.97 Å². The van der Waals surface area contributed by atoms with E-state index in [0.29, 0.717) is 0 Å². The Balaban J connectivity index is 1.68. The van der Waals surface area contributed by atoms with Crippen LogP contribution in [0.4, 0.5) is 5.69 Å². The zero-order valence-electron chi connectivity index (χ0n) is 21.9. The van der Waals surface area contributed by atoms with E-state index in [1.54, 1.807) is 0 Å². The summed E-state index contributed by atoms with van der Waals surface area (Å²) < 4.78 is 4.66. The number of allylic oxidation sites excluding steroid dienone is 4. The number of unbranched alkanes of at least 4 members (excludes halogenated alkanes) is 13. The van der Waals surface area contributed by atoms with Gasteiger partial charge in [0.25, 0.3) is 0 Å². The first kappa shape index (κ1) is 28.4. The molecular formula is C31H44N2O2. The lowest BCUT2D eigenvalue weighted by Gasteiger charge is -2.27. The summed E-state index contributed by atoms with van der Waals surface area (Å²) in [7, 11) is 1.28. The molecule has 0 atom stereocenters. The monoisotopic (exact) mass is 476 g/mol. The molecule has 4 nitrogen and oxygen atoms in total. The van der Waals surface area contributed by atoms with Crippen LogP contribution < -0.4 is 4.90 Å². The van der Waals surface area contributed by atoms with E-state index >= 15 is 0 Å². The van der Waals surface area contributed by atoms with Gasteiger partial charge in [-0.25, -0.2) is 4.79 Å². The number of rotatable bonds is 17. The first-order valence-electron chi connectivity index (χ1n) is 13.7. The minimum absolute atomic E-state index is 0.00396. The molecule has 0 aromatic heterocycles. The summed E-state index contributed by atoms with van der Waals surface area (Å²) in [5.74, 6) is -0.614. The number of methoxy groups -OCH3 is 1. The van der Waals surface area contributed by atoms with Gasteiger partial charge < -0.3 is 9.64 Å². The summed E-state index contributed by atoms with van der Waals surface area (Å²) >= 11 is 0. The van der Waals surface area contributed by atoms with Crippen LogP contribution >= 0.6 is 0 Å². The third-order valence-electron chi connectivity index (χ3n) is 6.67. The number of anilines is 1. The Morgan fingerprint density at radius 2 is 1.49 bits per heavy atom. The van der Waals surface area contributed by atoms with E-state index in [4.69, 9.17) is 0 Å². The van der Waals surface area contributed by atoms with Gasteiger partial charge in [0.05, 0.1) is 7.11 Å². The highest BCUT2D eigenvalue weighted by Gasteiger charge is 2.15. The van der Waals surface area contributed by atoms with Crippen LogP contribution in [0.5, 0.6) is 0 Å². The van der Waals surface area contributed by atoms with E-state index in [2.05, 4.69) is 47.0 Å². The molecule has 1 aliphatic heterocycles. The Bertz CT molecular complexity index is 891. The summed E-state index contributed by atoms with van der Waals surface area (Å²) in [6, 6.07) is 10.2. The summed E-state index contributed by atoms with van der Waals surface area (Å²) in [5.41, 5.74) is 3.25. The van der Waals surface area contributed by atoms with Gasteiger partial charge in [0.15, 0.2) is 0 Å². The molecule has 1 aromatic rings. The lowest BCUT2D eigenvalue weighted by atomic mass is 9.98. The van der Waals surface area contributed by atoms with Gasteiger partial charge in [-0.15, -0.1) is 0 Å². The number of benzene rings is 1. The van der Waals surface area contributed by atoms with Crippen molar-refractivity contribution in [2.75, 3.05) is 18.6 Å². The van der Waals surface area contributed by atoms with Crippen molar-refractivity contribution >= 4 is 17.2 Å². The number of carbonyl (C=O) groups excluding carboxylic acids is 1. The van der Waals surface area contributed by atoms with Crippen LogP contribution in [-0.4, -0.2) is 19.6 Å². The van der Waals surface area contributed by atoms with Gasteiger partial charge in [-0.1, -0.05) is 115 Å². The van der Waals surface area contributed by atoms with Gasteiger partial charge in [-0.05, 0) is 30.2 Å². The van der Waals surface area contributed by atoms with E-state index in [-0.39, 0.29) is 5.57 Å². The van der Waals surface area contributed by atoms with Crippen molar-refractivity contribution in [2.24, 2.45) is 0 Å². The van der Waals surface area contributed by atoms with Crippen LogP contribution in [0.15, 0.2) is 54.3 Å². The molecule has 1 aliphatic rings. The van der Waals surface area contributed by atoms with Gasteiger partial charge in [0, 0.05) is 24.0 Å². The lowest BCUT2D eigenvalue weighted by Crippen LogP contribution is -2.21. The number of hydrogen-bond donors (Lipinski definition) is 0. The van der Waals surface area contributed by atoms with Crippen LogP contribution in [0.2, 0.25) is 0 Å². The van der Waals surface area contributed by atoms with Crippen molar-refractivity contribution in [1.29, 1.82) is 5.26 Å². The molecule has 1 aromatic carbocycles. The summed E-state index contributed by atoms with van der Waals surface area (Å²) in [5, 5.41) is 9.18. The Morgan fingerprint density at radius 1 is 0.914 bits per heavy atom. The van der Waals surface area contributed by atoms with E-state index in [1.807, 2.05) is 18.2 Å². The summed E-state index contributed by atoms with van der Waals surface area (Å²) in [6.07, 6.45) is 26.6. The third kappa shape index (κ3) is 10.6. The number of ether oxygens (including phenoxy) is 1. The molecule has 0 amide bonds. The van der Waals surface area contributed by atoms with Crippen molar-refractivity contribution in [3.63, 3.8) is 0 Å². The Labute approximate surface area is 213 Å². The Kier molecular flexibility index (Phi) is 14.3. The van der Waals surface area contributed by atoms with Crippen LogP contribution in [0.1, 0.15) is 102 Å². The average Bonchev–Trinajstić information content (AvgIpc) is 2.89. The van der Waals surface area contributed by atoms with E-state index in [9.17, 15) is 10.1 Å². The highest BCUT2D eigenvalue weighted by atomic mass is 16.5. The predicted octanol–water partition coefficient (Wildman–Crippen LogP) is 8.51. The second-order valence-electron chi connectivity index (χ2n) is 9.43. The van der Waals surface area contributed by atoms with Crippen LogP contribution in [0, 0.1) is 11.3 Å². The van der Waals surface area contributed by atoms with Crippen molar-refractivity contribution < 1.29 is 9.53 Å². The van der Waals surface area contributed by atoms with E-state index < -0.39 is 5.97 Å². The smallest absolute Gasteiger partial charge is 0.348 e. The molecule has 190 valence electrons. The molecule has 0 radical (unpaired) electrons. The van der Waals surface area contributed by atoms with Crippen molar-refractivity contribution in [2.45, 2.75) is 96.8 Å². The minimum atomic E-state index is -0.614. The van der Waals surface area contributed by atoms with Gasteiger partial charge in [-0.2, -0.15) is 5.26 Å². The SMILES string of the molecule is CCCCCCCCCCCCCCCCN1C=C/C(=C/C=C(\C#N)C(=O)OC)c2ccccc21. The van der Waals surface area contributed by atoms with E-state index in [1.165, 1.54) is 109 Å². The zero-order valence-corrected chi connectivity index (χ0v) is 21.9. The van der Waals surface area contributed by atoms with Crippen molar-refractivity contribution in [3.8, 4) is 6.07 Å². The fourth-order valence-electron chi connectivity index (χ4n) is 4.56. The first-order chi connectivity index (χ1) is 17.2. The topological polar surface area (TPSA) is 53.3 Å². The number of esters is 1. The maximum absolute atomic E-state index is 11.7. The number of nitrogens with zero attached hydrogens (tertiary/aromatic N) is 2. The maximum atomic E-state index is 11.7. The fraction of sp³-hybridized carbons (Fsp3) is 0.548. The molecule has 0 N–H and O–H groups in total. The molecule has 0 saturated heterocycles. The van der Waals surface area contributed by atoms with Gasteiger partial charge in [0.1, 0.15) is 11.6 Å². The normalized spacial score (nSPS) is 14.1. The Morgan fingerprint density at radius 3 is 2.06 bits per heavy atom. The largest absolute Gasteiger partial charge is 0.465 e. The van der Waals surface area contributed by atoms with Gasteiger partial charge in [-0.3, -0.25) is 0 Å². The molecule has 0 unspecified atom stereocenters. The second kappa shape index (κ2) is 17.6. The molecule has 0 spiro atoms. The molecule has 2 rings (SSSR count). The number of fused-ring (bicyclic) bond motifs is 1. The maximum Gasteiger partial charge on any atom is 0.348 e. The molecule has 35 heavy (non-hydrogen) atoms. The molecule has 0 fully saturated rings. The van der Waals surface area contributed by atoms with Crippen LogP contribution in [0.25, 0.3) is 5.57 Å². The summed E-state index contributed by atoms with van der Waals surface area (Å²) in [4.78, 5) is 14.0. The highest BCUT2D eigenvalue weighted by molar-refractivity contribution is 5.94. The molecule has 0 saturated carbocycles. The van der Waals surface area contributed by atoms with Crippen LogP contribution in [0.3, 0.4) is 0 Å². The Hall–Kier alpha value is -2.80. The molecule has 1 heterocycles. The molecular weight excluding hydrogens is 432 g/mol. The lowest BCUT2D eigenvalue weighted by molar-refractivity contribution is -0.135. The molecule has 0 aliphatic carbocycles. The standard InChI is InChI=1S/C31H44N2O2/c1-3-4-5-6-7-8-9-10-11-12-13-14-15-18-24-33-25-23-27(29-19-16-17-20-30(29)33)21-22-28(26-32)31(34)35-2/h16-17,19-23,25H,3-15,18,24H2,1-2H3/b27-21-,28-22+. The van der Waals surface area contributed by atoms with E-state index in [0.717, 1.165) is 17.7 Å². The quantitative estimate of drug-likeness (QED) is 0.0978. The molecule has 0 bridgehead atoms. The number of carbonyl (C=O) groups is 1. The van der Waals surface area contributed by atoms with Crippen molar-refractivity contribution in [3.05, 3.63) is 59.8 Å². The fourth-order valence-corrected chi connectivity index (χ4v) is 4.56. The number of hydrogen-bond acceptors (Lipinski definition) is 4. The third-order valence-corrected chi connectivity index (χ3v) is 6.67. The van der Waals surface area contributed by atoms with Gasteiger partial charge in [0.2, 0.25) is 0 Å². The highest BCUT2D eigenvalue weighted by Crippen LogP contribution is 2.33. The molecule has 4 heteroatoms. The predicted molar refractivity (Wildman–Crippen MR) is 147 cm³/mol. The summed E-state index contributed by atoms with van der Waals surface area (Å²) in [6.45, 7) is 3.28. The number of nitriles is 1. The van der Waals surface area contributed by atoms with Crippen molar-refractivity contribution in [1.82, 2.24) is 0 Å². The average molecular weight is 477 g/mol. The zero-order chi connectivity index (χ0) is 25.1. The second-order valence-corrected chi connectivity index (χ2v) is 9.43. The minimum Gasteiger partial charge on any atom is -0.465 e. The number of para-hydroxylation sites is 1. The first-order valence-corrected chi connectivity index (χ1v) is 13.7. The van der Waals surface area contributed by atoms with Crippen LogP contribution in [-0.2, 0) is 9.53 Å².